The first-order valence-electron chi connectivity index (χ1n) is 6.42. The maximum atomic E-state index is 12.2. The van der Waals surface area contributed by atoms with Crippen molar-refractivity contribution in [2.45, 2.75) is 32.4 Å². The maximum absolute atomic E-state index is 12.2. The van der Waals surface area contributed by atoms with Crippen LogP contribution in [0.4, 0.5) is 0 Å². The first kappa shape index (κ1) is 13.9. The van der Waals surface area contributed by atoms with Gasteiger partial charge in [-0.2, -0.15) is 0 Å². The number of nitrogens with one attached hydrogen (secondary N) is 1. The number of carbonyl (C=O) groups is 2. The fraction of sp³-hybridized carbons (Fsp3) is 0.429. The zero-order valence-electron chi connectivity index (χ0n) is 10.9. The second-order valence-corrected chi connectivity index (χ2v) is 5.17. The molecule has 1 N–H and O–H groups in total. The molecule has 0 radical (unpaired) electrons. The Bertz CT molecular complexity index is 490. The lowest BCUT2D eigenvalue weighted by atomic mass is 10.1. The van der Waals surface area contributed by atoms with E-state index in [1.165, 1.54) is 0 Å². The number of carbonyl (C=O) groups excluding carboxylic acids is 2. The highest BCUT2D eigenvalue weighted by atomic mass is 35.5. The summed E-state index contributed by atoms with van der Waals surface area (Å²) in [6.45, 7) is 2.54. The summed E-state index contributed by atoms with van der Waals surface area (Å²) in [6.07, 6.45) is 1.54. The SMILES string of the molecule is CCCC1NC(=O)CN(Cc2cccc(Cl)c2)C1=O. The predicted octanol–water partition coefficient (Wildman–Crippen LogP) is 1.97. The molecular formula is C14H17ClN2O2. The number of benzene rings is 1. The third kappa shape index (κ3) is 3.47. The summed E-state index contributed by atoms with van der Waals surface area (Å²) in [6, 6.07) is 6.97. The van der Waals surface area contributed by atoms with Gasteiger partial charge in [-0.25, -0.2) is 0 Å². The number of hydrogen-bond donors (Lipinski definition) is 1. The lowest BCUT2D eigenvalue weighted by molar-refractivity contribution is -0.145. The molecule has 1 aromatic carbocycles. The standard InChI is InChI=1S/C14H17ClN2O2/c1-2-4-12-14(19)17(9-13(18)16-12)8-10-5-3-6-11(15)7-10/h3,5-7,12H,2,4,8-9H2,1H3,(H,16,18). The number of hydrogen-bond acceptors (Lipinski definition) is 2. The second-order valence-electron chi connectivity index (χ2n) is 4.73. The van der Waals surface area contributed by atoms with Gasteiger partial charge < -0.3 is 10.2 Å². The molecule has 0 aromatic heterocycles. The van der Waals surface area contributed by atoms with E-state index >= 15 is 0 Å². The van der Waals surface area contributed by atoms with Gasteiger partial charge in [-0.05, 0) is 24.1 Å². The number of rotatable bonds is 4. The van der Waals surface area contributed by atoms with E-state index in [2.05, 4.69) is 5.32 Å². The van der Waals surface area contributed by atoms with E-state index < -0.39 is 0 Å². The van der Waals surface area contributed by atoms with Crippen LogP contribution in [-0.4, -0.2) is 29.3 Å². The van der Waals surface area contributed by atoms with Crippen LogP contribution in [-0.2, 0) is 16.1 Å². The van der Waals surface area contributed by atoms with E-state index in [1.807, 2.05) is 25.1 Å². The molecular weight excluding hydrogens is 264 g/mol. The molecule has 1 unspecified atom stereocenters. The van der Waals surface area contributed by atoms with Gasteiger partial charge in [0.1, 0.15) is 6.04 Å². The van der Waals surface area contributed by atoms with E-state index in [1.54, 1.807) is 11.0 Å². The minimum Gasteiger partial charge on any atom is -0.343 e. The number of nitrogens with zero attached hydrogens (tertiary/aromatic N) is 1. The molecule has 19 heavy (non-hydrogen) atoms. The van der Waals surface area contributed by atoms with Gasteiger partial charge in [0.25, 0.3) is 0 Å². The van der Waals surface area contributed by atoms with Gasteiger partial charge in [0.15, 0.2) is 0 Å². The fourth-order valence-electron chi connectivity index (χ4n) is 2.25. The van der Waals surface area contributed by atoms with Gasteiger partial charge in [-0.1, -0.05) is 37.1 Å². The van der Waals surface area contributed by atoms with Crippen LogP contribution in [0.3, 0.4) is 0 Å². The van der Waals surface area contributed by atoms with E-state index in [-0.39, 0.29) is 24.4 Å². The van der Waals surface area contributed by atoms with Crippen LogP contribution in [0.25, 0.3) is 0 Å². The van der Waals surface area contributed by atoms with E-state index in [0.29, 0.717) is 18.0 Å². The first-order chi connectivity index (χ1) is 9.10. The largest absolute Gasteiger partial charge is 0.343 e. The average Bonchev–Trinajstić information content (AvgIpc) is 2.35. The van der Waals surface area contributed by atoms with E-state index in [4.69, 9.17) is 11.6 Å². The Kier molecular flexibility index (Phi) is 4.43. The van der Waals surface area contributed by atoms with Crippen LogP contribution >= 0.6 is 11.6 Å². The van der Waals surface area contributed by atoms with Crippen LogP contribution in [0.1, 0.15) is 25.3 Å². The molecule has 0 spiro atoms. The van der Waals surface area contributed by atoms with Crippen molar-refractivity contribution in [2.75, 3.05) is 6.54 Å². The van der Waals surface area contributed by atoms with Gasteiger partial charge >= 0.3 is 0 Å². The Morgan fingerprint density at radius 3 is 2.89 bits per heavy atom. The molecule has 1 fully saturated rings. The lowest BCUT2D eigenvalue weighted by Gasteiger charge is -2.32. The number of amides is 2. The molecule has 1 heterocycles. The van der Waals surface area contributed by atoms with Crippen molar-refractivity contribution in [1.29, 1.82) is 0 Å². The first-order valence-corrected chi connectivity index (χ1v) is 6.80. The highest BCUT2D eigenvalue weighted by molar-refractivity contribution is 6.30. The fourth-order valence-corrected chi connectivity index (χ4v) is 2.46. The van der Waals surface area contributed by atoms with Crippen LogP contribution in [0.2, 0.25) is 5.02 Å². The molecule has 1 saturated heterocycles. The van der Waals surface area contributed by atoms with Crippen LogP contribution in [0, 0.1) is 0 Å². The summed E-state index contributed by atoms with van der Waals surface area (Å²) in [5, 5.41) is 3.37. The quantitative estimate of drug-likeness (QED) is 0.917. The highest BCUT2D eigenvalue weighted by Gasteiger charge is 2.31. The molecule has 0 aliphatic carbocycles. The van der Waals surface area contributed by atoms with Gasteiger partial charge in [0, 0.05) is 11.6 Å². The Morgan fingerprint density at radius 2 is 2.21 bits per heavy atom. The Balaban J connectivity index is 2.10. The normalized spacial score (nSPS) is 19.5. The molecule has 102 valence electrons. The Hall–Kier alpha value is -1.55. The summed E-state index contributed by atoms with van der Waals surface area (Å²) in [5.74, 6) is -0.110. The number of halogens is 1. The van der Waals surface area contributed by atoms with Crippen LogP contribution in [0.15, 0.2) is 24.3 Å². The average molecular weight is 281 g/mol. The van der Waals surface area contributed by atoms with Crippen molar-refractivity contribution < 1.29 is 9.59 Å². The zero-order chi connectivity index (χ0) is 13.8. The summed E-state index contributed by atoms with van der Waals surface area (Å²) in [5.41, 5.74) is 0.936. The van der Waals surface area contributed by atoms with Gasteiger partial charge in [-0.3, -0.25) is 9.59 Å². The predicted molar refractivity (Wildman–Crippen MR) is 73.7 cm³/mol. The Morgan fingerprint density at radius 1 is 1.42 bits per heavy atom. The summed E-state index contributed by atoms with van der Waals surface area (Å²) in [7, 11) is 0. The van der Waals surface area contributed by atoms with E-state index in [9.17, 15) is 9.59 Å². The summed E-state index contributed by atoms with van der Waals surface area (Å²) >= 11 is 5.92. The maximum Gasteiger partial charge on any atom is 0.245 e. The minimum absolute atomic E-state index is 0.0126. The third-order valence-electron chi connectivity index (χ3n) is 3.12. The van der Waals surface area contributed by atoms with Gasteiger partial charge in [-0.15, -0.1) is 0 Å². The lowest BCUT2D eigenvalue weighted by Crippen LogP contribution is -2.57. The topological polar surface area (TPSA) is 49.4 Å². The van der Waals surface area contributed by atoms with Crippen molar-refractivity contribution in [2.24, 2.45) is 0 Å². The van der Waals surface area contributed by atoms with Crippen molar-refractivity contribution in [3.63, 3.8) is 0 Å². The molecule has 1 aromatic rings. The van der Waals surface area contributed by atoms with Crippen molar-refractivity contribution in [1.82, 2.24) is 10.2 Å². The van der Waals surface area contributed by atoms with E-state index in [0.717, 1.165) is 12.0 Å². The number of piperazine rings is 1. The van der Waals surface area contributed by atoms with Crippen molar-refractivity contribution >= 4 is 23.4 Å². The molecule has 1 aliphatic rings. The van der Waals surface area contributed by atoms with Gasteiger partial charge in [0.05, 0.1) is 6.54 Å². The molecule has 0 saturated carbocycles. The van der Waals surface area contributed by atoms with Crippen molar-refractivity contribution in [3.8, 4) is 0 Å². The Labute approximate surface area is 117 Å². The molecule has 4 nitrogen and oxygen atoms in total. The van der Waals surface area contributed by atoms with Crippen LogP contribution < -0.4 is 5.32 Å². The highest BCUT2D eigenvalue weighted by Crippen LogP contribution is 2.15. The molecule has 1 atom stereocenters. The van der Waals surface area contributed by atoms with Crippen molar-refractivity contribution in [3.05, 3.63) is 34.9 Å². The second kappa shape index (κ2) is 6.06. The molecule has 2 amide bonds. The molecule has 0 bridgehead atoms. The third-order valence-corrected chi connectivity index (χ3v) is 3.35. The zero-order valence-corrected chi connectivity index (χ0v) is 11.6. The monoisotopic (exact) mass is 280 g/mol. The van der Waals surface area contributed by atoms with Gasteiger partial charge in [0.2, 0.25) is 11.8 Å². The molecule has 5 heteroatoms. The molecule has 2 rings (SSSR count). The smallest absolute Gasteiger partial charge is 0.245 e. The minimum atomic E-state index is -0.384. The summed E-state index contributed by atoms with van der Waals surface area (Å²) in [4.78, 5) is 25.4. The van der Waals surface area contributed by atoms with Crippen LogP contribution in [0.5, 0.6) is 0 Å². The summed E-state index contributed by atoms with van der Waals surface area (Å²) < 4.78 is 0. The molecule has 1 aliphatic heterocycles.